The third-order valence-corrected chi connectivity index (χ3v) is 6.35. The molecular formula is C15H12F6N2O4S2. The van der Waals surface area contributed by atoms with E-state index >= 15 is 0 Å². The van der Waals surface area contributed by atoms with Crippen LogP contribution in [0.3, 0.4) is 0 Å². The smallest absolute Gasteiger partial charge is 0.280 e. The van der Waals surface area contributed by atoms with Gasteiger partial charge in [0.1, 0.15) is 0 Å². The minimum Gasteiger partial charge on any atom is -0.280 e. The zero-order chi connectivity index (χ0) is 22.3. The summed E-state index contributed by atoms with van der Waals surface area (Å²) >= 11 is 0. The lowest BCUT2D eigenvalue weighted by Crippen LogP contribution is -2.19. The minimum atomic E-state index is -5.21. The fraction of sp³-hybridized carbons (Fsp3) is 0.200. The molecule has 0 aliphatic carbocycles. The molecule has 0 bridgehead atoms. The Morgan fingerprint density at radius 1 is 0.690 bits per heavy atom. The van der Waals surface area contributed by atoms with Gasteiger partial charge >= 0.3 is 12.4 Å². The summed E-state index contributed by atoms with van der Waals surface area (Å²) in [7, 11) is -7.54. The van der Waals surface area contributed by atoms with Gasteiger partial charge in [0.05, 0.1) is 20.9 Å². The summed E-state index contributed by atoms with van der Waals surface area (Å²) in [6, 6.07) is 3.90. The van der Waals surface area contributed by atoms with Crippen molar-refractivity contribution in [3.05, 3.63) is 53.6 Å². The maximum Gasteiger partial charge on any atom is 0.416 e. The number of anilines is 1. The highest BCUT2D eigenvalue weighted by Gasteiger charge is 2.38. The summed E-state index contributed by atoms with van der Waals surface area (Å²) in [5.41, 5.74) is -3.85. The van der Waals surface area contributed by atoms with Crippen LogP contribution in [0.2, 0.25) is 0 Å². The Labute approximate surface area is 161 Å². The number of rotatable bonds is 5. The van der Waals surface area contributed by atoms with E-state index in [4.69, 9.17) is 0 Å². The first-order valence-electron chi connectivity index (χ1n) is 7.42. The van der Waals surface area contributed by atoms with Crippen LogP contribution in [-0.2, 0) is 32.4 Å². The first-order valence-corrected chi connectivity index (χ1v) is 10.4. The lowest BCUT2D eigenvalue weighted by Gasteiger charge is -2.15. The van der Waals surface area contributed by atoms with Gasteiger partial charge in [-0.2, -0.15) is 26.3 Å². The number of halogens is 6. The molecule has 0 spiro atoms. The first-order chi connectivity index (χ1) is 13.1. The number of hydrogen-bond donors (Lipinski definition) is 2. The Morgan fingerprint density at radius 2 is 1.14 bits per heavy atom. The quantitative estimate of drug-likeness (QED) is 0.666. The molecule has 14 heteroatoms. The second-order valence-electron chi connectivity index (χ2n) is 5.58. The third-order valence-electron chi connectivity index (χ3n) is 3.56. The lowest BCUT2D eigenvalue weighted by molar-refractivity contribution is -0.143. The molecule has 0 aliphatic rings. The van der Waals surface area contributed by atoms with Crippen LogP contribution in [-0.4, -0.2) is 23.9 Å². The second-order valence-corrected chi connectivity index (χ2v) is 9.15. The standard InChI is InChI=1S/C15H12F6N2O4S2/c1-22-28(24,25)12-4-2-11(3-5-12)23-29(26,27)13-7-9(14(16,17)18)6-10(8-13)15(19,20)21/h2-8,22-23H,1H3. The largest absolute Gasteiger partial charge is 0.416 e. The summed E-state index contributed by atoms with van der Waals surface area (Å²) < 4.78 is 129. The molecule has 2 aromatic carbocycles. The van der Waals surface area contributed by atoms with Crippen LogP contribution in [0.25, 0.3) is 0 Å². The number of benzene rings is 2. The fourth-order valence-electron chi connectivity index (χ4n) is 2.12. The van der Waals surface area contributed by atoms with Gasteiger partial charge in [-0.25, -0.2) is 21.6 Å². The Kier molecular flexibility index (Phi) is 5.94. The Morgan fingerprint density at radius 3 is 1.52 bits per heavy atom. The summed E-state index contributed by atoms with van der Waals surface area (Å²) in [5, 5.41) is 0. The van der Waals surface area contributed by atoms with Crippen molar-refractivity contribution in [3.63, 3.8) is 0 Å². The van der Waals surface area contributed by atoms with Crippen molar-refractivity contribution in [2.75, 3.05) is 11.8 Å². The molecule has 0 heterocycles. The van der Waals surface area contributed by atoms with Gasteiger partial charge in [-0.1, -0.05) is 0 Å². The van der Waals surface area contributed by atoms with Gasteiger partial charge in [-0.15, -0.1) is 0 Å². The number of hydrogen-bond acceptors (Lipinski definition) is 4. The van der Waals surface area contributed by atoms with Crippen LogP contribution < -0.4 is 9.44 Å². The summed E-state index contributed by atoms with van der Waals surface area (Å²) in [5.74, 6) is 0. The third kappa shape index (κ3) is 5.39. The molecule has 0 amide bonds. The Bertz CT molecular complexity index is 1080. The van der Waals surface area contributed by atoms with E-state index < -0.39 is 48.4 Å². The van der Waals surface area contributed by atoms with Gasteiger partial charge in [0.25, 0.3) is 10.0 Å². The van der Waals surface area contributed by atoms with E-state index in [1.165, 1.54) is 0 Å². The minimum absolute atomic E-state index is 0.0669. The zero-order valence-electron chi connectivity index (χ0n) is 14.3. The molecule has 160 valence electrons. The Balaban J connectivity index is 2.48. The van der Waals surface area contributed by atoms with Gasteiger partial charge in [0, 0.05) is 5.69 Å². The van der Waals surface area contributed by atoms with Gasteiger partial charge in [0.15, 0.2) is 0 Å². The highest BCUT2D eigenvalue weighted by molar-refractivity contribution is 7.92. The molecule has 2 N–H and O–H groups in total. The molecule has 0 fully saturated rings. The van der Waals surface area contributed by atoms with Gasteiger partial charge in [-0.05, 0) is 49.5 Å². The molecule has 0 atom stereocenters. The van der Waals surface area contributed by atoms with Gasteiger partial charge in [-0.3, -0.25) is 4.72 Å². The van der Waals surface area contributed by atoms with E-state index in [2.05, 4.69) is 0 Å². The second kappa shape index (κ2) is 7.50. The van der Waals surface area contributed by atoms with Crippen molar-refractivity contribution in [3.8, 4) is 0 Å². The van der Waals surface area contributed by atoms with Crippen LogP contribution in [0.15, 0.2) is 52.3 Å². The van der Waals surface area contributed by atoms with E-state index in [9.17, 15) is 43.2 Å². The average molecular weight is 462 g/mol. The van der Waals surface area contributed by atoms with Crippen LogP contribution in [0.4, 0.5) is 32.0 Å². The van der Waals surface area contributed by atoms with E-state index in [-0.39, 0.29) is 28.8 Å². The van der Waals surface area contributed by atoms with E-state index in [1.54, 1.807) is 0 Å². The topological polar surface area (TPSA) is 92.3 Å². The summed E-state index contributed by atoms with van der Waals surface area (Å²) in [4.78, 5) is -1.49. The maximum absolute atomic E-state index is 12.9. The van der Waals surface area contributed by atoms with Crippen molar-refractivity contribution in [1.29, 1.82) is 0 Å². The fourth-order valence-corrected chi connectivity index (χ4v) is 3.97. The molecule has 0 unspecified atom stereocenters. The lowest BCUT2D eigenvalue weighted by atomic mass is 10.1. The number of sulfonamides is 2. The highest BCUT2D eigenvalue weighted by atomic mass is 32.2. The molecule has 0 radical (unpaired) electrons. The molecule has 2 rings (SSSR count). The highest BCUT2D eigenvalue weighted by Crippen LogP contribution is 2.37. The van der Waals surface area contributed by atoms with E-state index in [0.717, 1.165) is 31.3 Å². The summed E-state index contributed by atoms with van der Waals surface area (Å²) in [6.45, 7) is 0. The predicted molar refractivity (Wildman–Crippen MR) is 89.9 cm³/mol. The monoisotopic (exact) mass is 462 g/mol. The molecule has 2 aromatic rings. The van der Waals surface area contributed by atoms with Crippen LogP contribution in [0.1, 0.15) is 11.1 Å². The molecule has 0 saturated carbocycles. The number of alkyl halides is 6. The molecular weight excluding hydrogens is 450 g/mol. The van der Waals surface area contributed by atoms with Gasteiger partial charge in [0.2, 0.25) is 10.0 Å². The van der Waals surface area contributed by atoms with Crippen molar-refractivity contribution in [2.45, 2.75) is 22.1 Å². The maximum atomic E-state index is 12.9. The normalized spacial score (nSPS) is 13.3. The van der Waals surface area contributed by atoms with E-state index in [0.29, 0.717) is 0 Å². The molecule has 0 aromatic heterocycles. The van der Waals surface area contributed by atoms with E-state index in [1.807, 2.05) is 9.44 Å². The predicted octanol–water partition coefficient (Wildman–Crippen LogP) is 3.43. The number of nitrogens with one attached hydrogen (secondary N) is 2. The van der Waals surface area contributed by atoms with Crippen molar-refractivity contribution < 1.29 is 43.2 Å². The molecule has 0 aliphatic heterocycles. The van der Waals surface area contributed by atoms with Crippen LogP contribution >= 0.6 is 0 Å². The SMILES string of the molecule is CNS(=O)(=O)c1ccc(NS(=O)(=O)c2cc(C(F)(F)F)cc(C(F)(F)F)c2)cc1. The molecule has 0 saturated heterocycles. The van der Waals surface area contributed by atoms with Crippen LogP contribution in [0.5, 0.6) is 0 Å². The van der Waals surface area contributed by atoms with Crippen molar-refractivity contribution in [2.24, 2.45) is 0 Å². The molecule has 6 nitrogen and oxygen atoms in total. The van der Waals surface area contributed by atoms with Crippen LogP contribution in [0, 0.1) is 0 Å². The van der Waals surface area contributed by atoms with Crippen molar-refractivity contribution >= 4 is 25.7 Å². The zero-order valence-corrected chi connectivity index (χ0v) is 15.9. The Hall–Kier alpha value is -2.32. The summed E-state index contributed by atoms with van der Waals surface area (Å²) in [6.07, 6.45) is -10.4. The van der Waals surface area contributed by atoms with Gasteiger partial charge < -0.3 is 0 Å². The molecule has 29 heavy (non-hydrogen) atoms. The van der Waals surface area contributed by atoms with Crippen molar-refractivity contribution in [1.82, 2.24) is 4.72 Å². The average Bonchev–Trinajstić information content (AvgIpc) is 2.60. The first kappa shape index (κ1) is 23.0.